The van der Waals surface area contributed by atoms with Crippen molar-refractivity contribution in [1.29, 1.82) is 0 Å². The zero-order valence-corrected chi connectivity index (χ0v) is 15.0. The molecule has 0 radical (unpaired) electrons. The molecule has 0 spiro atoms. The number of imidazole rings is 1. The fourth-order valence-electron chi connectivity index (χ4n) is 3.33. The fourth-order valence-corrected chi connectivity index (χ4v) is 3.33. The van der Waals surface area contributed by atoms with Gasteiger partial charge in [0.1, 0.15) is 17.5 Å². The second-order valence-electron chi connectivity index (χ2n) is 6.60. The van der Waals surface area contributed by atoms with Gasteiger partial charge in [-0.1, -0.05) is 6.92 Å². The van der Waals surface area contributed by atoms with Crippen LogP contribution in [-0.4, -0.2) is 39.2 Å². The molecule has 0 amide bonds. The minimum atomic E-state index is 0.545. The largest absolute Gasteiger partial charge is 0.349 e. The number of hydrogen-bond acceptors (Lipinski definition) is 5. The maximum absolute atomic E-state index is 4.73. The molecule has 0 aliphatic carbocycles. The molecule has 0 aromatic carbocycles. The van der Waals surface area contributed by atoms with Crippen molar-refractivity contribution in [3.05, 3.63) is 35.8 Å². The van der Waals surface area contributed by atoms with Gasteiger partial charge in [-0.2, -0.15) is 0 Å². The average Bonchev–Trinajstić information content (AvgIpc) is 3.00. The third-order valence-corrected chi connectivity index (χ3v) is 4.67. The van der Waals surface area contributed by atoms with E-state index in [9.17, 15) is 0 Å². The van der Waals surface area contributed by atoms with Crippen LogP contribution in [0.5, 0.6) is 0 Å². The normalized spacial score (nSPS) is 15.6. The van der Waals surface area contributed by atoms with E-state index in [1.165, 1.54) is 5.69 Å². The summed E-state index contributed by atoms with van der Waals surface area (Å²) < 4.78 is 2.07. The molecule has 2 aromatic rings. The quantitative estimate of drug-likeness (QED) is 0.882. The molecular weight excluding hydrogens is 300 g/mol. The molecule has 3 heterocycles. The summed E-state index contributed by atoms with van der Waals surface area (Å²) in [5.41, 5.74) is 1.19. The molecule has 6 nitrogen and oxygen atoms in total. The Balaban J connectivity index is 1.86. The number of piperidine rings is 1. The lowest BCUT2D eigenvalue weighted by molar-refractivity contribution is 0.452. The van der Waals surface area contributed by atoms with Crippen LogP contribution in [0.25, 0.3) is 0 Å². The SMILES string of the molecule is CCCN(Cc1nccn1C)c1cc(C2CCNCC2)nc(C)n1. The van der Waals surface area contributed by atoms with E-state index in [0.717, 1.165) is 62.9 Å². The number of rotatable bonds is 6. The Morgan fingerprint density at radius 1 is 1.29 bits per heavy atom. The first kappa shape index (κ1) is 16.9. The molecule has 6 heteroatoms. The third kappa shape index (κ3) is 3.93. The smallest absolute Gasteiger partial charge is 0.132 e. The summed E-state index contributed by atoms with van der Waals surface area (Å²) in [6.45, 7) is 8.10. The second-order valence-corrected chi connectivity index (χ2v) is 6.60. The first-order valence-corrected chi connectivity index (χ1v) is 8.94. The van der Waals surface area contributed by atoms with Crippen LogP contribution in [0.2, 0.25) is 0 Å². The Bertz CT molecular complexity index is 659. The molecule has 2 aromatic heterocycles. The number of hydrogen-bond donors (Lipinski definition) is 1. The van der Waals surface area contributed by atoms with Crippen molar-refractivity contribution < 1.29 is 0 Å². The van der Waals surface area contributed by atoms with E-state index >= 15 is 0 Å². The van der Waals surface area contributed by atoms with Gasteiger partial charge >= 0.3 is 0 Å². The molecule has 1 aliphatic heterocycles. The lowest BCUT2D eigenvalue weighted by Gasteiger charge is -2.26. The fraction of sp³-hybridized carbons (Fsp3) is 0.611. The summed E-state index contributed by atoms with van der Waals surface area (Å²) >= 11 is 0. The van der Waals surface area contributed by atoms with E-state index in [0.29, 0.717) is 5.92 Å². The predicted molar refractivity (Wildman–Crippen MR) is 96.2 cm³/mol. The van der Waals surface area contributed by atoms with Crippen LogP contribution in [0.1, 0.15) is 49.4 Å². The van der Waals surface area contributed by atoms with Crippen LogP contribution in [-0.2, 0) is 13.6 Å². The lowest BCUT2D eigenvalue weighted by Crippen LogP contribution is -2.29. The molecule has 0 atom stereocenters. The maximum atomic E-state index is 4.73. The Hall–Kier alpha value is -1.95. The van der Waals surface area contributed by atoms with E-state index in [1.54, 1.807) is 0 Å². The lowest BCUT2D eigenvalue weighted by atomic mass is 9.94. The highest BCUT2D eigenvalue weighted by Gasteiger charge is 2.19. The summed E-state index contributed by atoms with van der Waals surface area (Å²) in [5.74, 6) is 3.49. The van der Waals surface area contributed by atoms with Crippen LogP contribution < -0.4 is 10.2 Å². The zero-order valence-electron chi connectivity index (χ0n) is 15.0. The summed E-state index contributed by atoms with van der Waals surface area (Å²) in [5, 5.41) is 3.43. The van der Waals surface area contributed by atoms with Crippen molar-refractivity contribution in [3.63, 3.8) is 0 Å². The van der Waals surface area contributed by atoms with Crippen LogP contribution in [0.15, 0.2) is 18.5 Å². The van der Waals surface area contributed by atoms with Crippen molar-refractivity contribution >= 4 is 5.82 Å². The first-order valence-electron chi connectivity index (χ1n) is 8.94. The van der Waals surface area contributed by atoms with E-state index in [1.807, 2.05) is 26.4 Å². The molecule has 0 unspecified atom stereocenters. The minimum Gasteiger partial charge on any atom is -0.349 e. The van der Waals surface area contributed by atoms with Gasteiger partial charge in [-0.15, -0.1) is 0 Å². The Morgan fingerprint density at radius 2 is 2.08 bits per heavy atom. The molecule has 130 valence electrons. The van der Waals surface area contributed by atoms with Gasteiger partial charge in [-0.3, -0.25) is 0 Å². The molecule has 1 aliphatic rings. The molecule has 0 saturated carbocycles. The van der Waals surface area contributed by atoms with Crippen LogP contribution >= 0.6 is 0 Å². The van der Waals surface area contributed by atoms with Crippen LogP contribution in [0, 0.1) is 6.92 Å². The number of aromatic nitrogens is 4. The van der Waals surface area contributed by atoms with Gasteiger partial charge in [0, 0.05) is 43.7 Å². The molecule has 24 heavy (non-hydrogen) atoms. The monoisotopic (exact) mass is 328 g/mol. The van der Waals surface area contributed by atoms with Crippen molar-refractivity contribution in [2.24, 2.45) is 7.05 Å². The van der Waals surface area contributed by atoms with Crippen molar-refractivity contribution in [2.75, 3.05) is 24.5 Å². The Kier molecular flexibility index (Phi) is 5.45. The molecule has 1 N–H and O–H groups in total. The van der Waals surface area contributed by atoms with Gasteiger partial charge in [0.2, 0.25) is 0 Å². The van der Waals surface area contributed by atoms with Gasteiger partial charge in [0.25, 0.3) is 0 Å². The van der Waals surface area contributed by atoms with Crippen molar-refractivity contribution in [1.82, 2.24) is 24.8 Å². The highest BCUT2D eigenvalue weighted by atomic mass is 15.2. The second kappa shape index (κ2) is 7.75. The predicted octanol–water partition coefficient (Wildman–Crippen LogP) is 2.40. The standard InChI is InChI=1S/C18H28N6/c1-4-10-24(13-18-20-9-11-23(18)3)17-12-16(21-14(2)22-17)15-5-7-19-8-6-15/h9,11-12,15,19H,4-8,10,13H2,1-3H3. The summed E-state index contributed by atoms with van der Waals surface area (Å²) in [6, 6.07) is 2.20. The van der Waals surface area contributed by atoms with Gasteiger partial charge in [0.15, 0.2) is 0 Å². The number of aryl methyl sites for hydroxylation is 2. The van der Waals surface area contributed by atoms with Crippen LogP contribution in [0.3, 0.4) is 0 Å². The van der Waals surface area contributed by atoms with Crippen molar-refractivity contribution in [2.45, 2.75) is 45.6 Å². The molecule has 3 rings (SSSR count). The van der Waals surface area contributed by atoms with Gasteiger partial charge in [0.05, 0.1) is 6.54 Å². The van der Waals surface area contributed by atoms with Gasteiger partial charge in [-0.05, 0) is 39.3 Å². The van der Waals surface area contributed by atoms with Crippen LogP contribution in [0.4, 0.5) is 5.82 Å². The number of anilines is 1. The van der Waals surface area contributed by atoms with E-state index in [2.05, 4.69) is 32.8 Å². The maximum Gasteiger partial charge on any atom is 0.132 e. The Morgan fingerprint density at radius 3 is 2.75 bits per heavy atom. The molecule has 1 fully saturated rings. The third-order valence-electron chi connectivity index (χ3n) is 4.67. The number of nitrogens with zero attached hydrogens (tertiary/aromatic N) is 5. The topological polar surface area (TPSA) is 58.9 Å². The highest BCUT2D eigenvalue weighted by molar-refractivity contribution is 5.41. The Labute approximate surface area is 144 Å². The minimum absolute atomic E-state index is 0.545. The highest BCUT2D eigenvalue weighted by Crippen LogP contribution is 2.26. The first-order chi connectivity index (χ1) is 11.7. The number of nitrogens with one attached hydrogen (secondary N) is 1. The molecule has 1 saturated heterocycles. The van der Waals surface area contributed by atoms with E-state index in [4.69, 9.17) is 9.97 Å². The van der Waals surface area contributed by atoms with E-state index < -0.39 is 0 Å². The summed E-state index contributed by atoms with van der Waals surface area (Å²) in [4.78, 5) is 16.2. The van der Waals surface area contributed by atoms with Gasteiger partial charge < -0.3 is 14.8 Å². The van der Waals surface area contributed by atoms with E-state index in [-0.39, 0.29) is 0 Å². The van der Waals surface area contributed by atoms with Crippen molar-refractivity contribution in [3.8, 4) is 0 Å². The zero-order chi connectivity index (χ0) is 16.9. The molecule has 0 bridgehead atoms. The average molecular weight is 328 g/mol. The summed E-state index contributed by atoms with van der Waals surface area (Å²) in [7, 11) is 2.04. The molecular formula is C18H28N6. The summed E-state index contributed by atoms with van der Waals surface area (Å²) in [6.07, 6.45) is 7.23. The van der Waals surface area contributed by atoms with Gasteiger partial charge in [-0.25, -0.2) is 15.0 Å².